The molecule has 1 aliphatic heterocycles. The molecule has 0 spiro atoms. The molecule has 0 unspecified atom stereocenters. The Morgan fingerprint density at radius 1 is 1.41 bits per heavy atom. The van der Waals surface area contributed by atoms with Crippen LogP contribution >= 0.6 is 0 Å². The summed E-state index contributed by atoms with van der Waals surface area (Å²) in [5.41, 5.74) is -0.773. The van der Waals surface area contributed by atoms with E-state index in [-0.39, 0.29) is 12.8 Å². The second kappa shape index (κ2) is 4.73. The number of carbonyl (C=O) groups excluding carboxylic acids is 3. The molecule has 17 heavy (non-hydrogen) atoms. The number of carbonyl (C=O) groups is 3. The molecule has 0 bridgehead atoms. The standard InChI is InChI=1S/C11H17NO5/c1-11(2,3)17-10(16)12-7(9(14)15)5-4-6-8(12)13/h7H,4-6H2,1-3H3,(H,14,15)/p-1/t7-/m1/s1. The average Bonchev–Trinajstić information content (AvgIpc) is 2.13. The first kappa shape index (κ1) is 13.5. The van der Waals surface area contributed by atoms with Crippen LogP contribution in [0.15, 0.2) is 0 Å². The number of nitrogens with zero attached hydrogens (tertiary/aromatic N) is 1. The Balaban J connectivity index is 2.85. The molecule has 0 aromatic carbocycles. The fourth-order valence-corrected chi connectivity index (χ4v) is 1.63. The molecule has 0 N–H and O–H groups in total. The maximum absolute atomic E-state index is 11.7. The van der Waals surface area contributed by atoms with Crippen LogP contribution in [0.4, 0.5) is 4.79 Å². The Kier molecular flexibility index (Phi) is 3.75. The first-order valence-electron chi connectivity index (χ1n) is 5.48. The second-order valence-electron chi connectivity index (χ2n) is 4.97. The summed E-state index contributed by atoms with van der Waals surface area (Å²) in [6.45, 7) is 4.94. The van der Waals surface area contributed by atoms with Crippen LogP contribution in [0.5, 0.6) is 0 Å². The van der Waals surface area contributed by atoms with Crippen molar-refractivity contribution in [2.75, 3.05) is 0 Å². The quantitative estimate of drug-likeness (QED) is 0.648. The molecule has 1 fully saturated rings. The lowest BCUT2D eigenvalue weighted by atomic mass is 10.0. The molecular weight excluding hydrogens is 226 g/mol. The Hall–Kier alpha value is -1.59. The highest BCUT2D eigenvalue weighted by Gasteiger charge is 2.36. The molecule has 1 heterocycles. The van der Waals surface area contributed by atoms with E-state index in [1.54, 1.807) is 20.8 Å². The number of carboxylic acids is 1. The topological polar surface area (TPSA) is 86.7 Å². The first-order chi connectivity index (χ1) is 7.72. The van der Waals surface area contributed by atoms with Crippen molar-refractivity contribution in [3.8, 4) is 0 Å². The van der Waals surface area contributed by atoms with Crippen molar-refractivity contribution in [1.82, 2.24) is 4.90 Å². The van der Waals surface area contributed by atoms with Crippen LogP contribution < -0.4 is 5.11 Å². The Bertz CT molecular complexity index is 344. The van der Waals surface area contributed by atoms with E-state index in [0.717, 1.165) is 0 Å². The number of ether oxygens (including phenoxy) is 1. The van der Waals surface area contributed by atoms with Gasteiger partial charge in [0.05, 0.1) is 12.0 Å². The summed E-state index contributed by atoms with van der Waals surface area (Å²) in [6, 6.07) is -1.22. The SMILES string of the molecule is CC(C)(C)OC(=O)N1C(=O)CCC[C@@H]1C(=O)[O-]. The molecule has 1 aliphatic rings. The van der Waals surface area contributed by atoms with Gasteiger partial charge in [0.15, 0.2) is 0 Å². The van der Waals surface area contributed by atoms with E-state index in [1.165, 1.54) is 0 Å². The highest BCUT2D eigenvalue weighted by Crippen LogP contribution is 2.21. The summed E-state index contributed by atoms with van der Waals surface area (Å²) in [5.74, 6) is -1.95. The molecule has 0 aromatic rings. The Morgan fingerprint density at radius 3 is 2.47 bits per heavy atom. The van der Waals surface area contributed by atoms with Gasteiger partial charge in [0.2, 0.25) is 5.91 Å². The normalized spacial score (nSPS) is 21.2. The molecule has 2 amide bonds. The van der Waals surface area contributed by atoms with E-state index in [4.69, 9.17) is 4.74 Å². The highest BCUT2D eigenvalue weighted by molar-refractivity contribution is 5.97. The van der Waals surface area contributed by atoms with Crippen LogP contribution in [-0.2, 0) is 14.3 Å². The van der Waals surface area contributed by atoms with Gasteiger partial charge in [0, 0.05) is 6.42 Å². The minimum atomic E-state index is -1.43. The predicted molar refractivity (Wildman–Crippen MR) is 55.7 cm³/mol. The number of imide groups is 1. The molecule has 0 radical (unpaired) electrons. The molecule has 0 aliphatic carbocycles. The van der Waals surface area contributed by atoms with Gasteiger partial charge >= 0.3 is 6.09 Å². The zero-order valence-corrected chi connectivity index (χ0v) is 10.2. The summed E-state index contributed by atoms with van der Waals surface area (Å²) in [5, 5.41) is 10.9. The van der Waals surface area contributed by atoms with Crippen LogP contribution in [0.1, 0.15) is 40.0 Å². The number of rotatable bonds is 1. The second-order valence-corrected chi connectivity index (χ2v) is 4.97. The summed E-state index contributed by atoms with van der Waals surface area (Å²) >= 11 is 0. The molecule has 0 saturated carbocycles. The number of piperidine rings is 1. The lowest BCUT2D eigenvalue weighted by Crippen LogP contribution is -2.56. The van der Waals surface area contributed by atoms with E-state index in [2.05, 4.69) is 0 Å². The van der Waals surface area contributed by atoms with Gasteiger partial charge < -0.3 is 14.6 Å². The lowest BCUT2D eigenvalue weighted by molar-refractivity contribution is -0.311. The average molecular weight is 242 g/mol. The number of hydrogen-bond acceptors (Lipinski definition) is 5. The first-order valence-corrected chi connectivity index (χ1v) is 5.48. The van der Waals surface area contributed by atoms with Crippen molar-refractivity contribution in [2.24, 2.45) is 0 Å². The van der Waals surface area contributed by atoms with Gasteiger partial charge in [0.1, 0.15) is 5.60 Å². The van der Waals surface area contributed by atoms with Crippen LogP contribution in [0.3, 0.4) is 0 Å². The van der Waals surface area contributed by atoms with Gasteiger partial charge in [-0.25, -0.2) is 9.69 Å². The minimum absolute atomic E-state index is 0.156. The van der Waals surface area contributed by atoms with Crippen LogP contribution in [0.2, 0.25) is 0 Å². The molecular formula is C11H16NO5-. The lowest BCUT2D eigenvalue weighted by Gasteiger charge is -2.35. The number of amides is 2. The van der Waals surface area contributed by atoms with Crippen molar-refractivity contribution >= 4 is 18.0 Å². The van der Waals surface area contributed by atoms with Gasteiger partial charge in [-0.05, 0) is 33.6 Å². The van der Waals surface area contributed by atoms with Crippen molar-refractivity contribution in [3.63, 3.8) is 0 Å². The van der Waals surface area contributed by atoms with Gasteiger partial charge in [0.25, 0.3) is 0 Å². The van der Waals surface area contributed by atoms with Crippen LogP contribution in [-0.4, -0.2) is 34.5 Å². The third-order valence-corrected chi connectivity index (χ3v) is 2.31. The van der Waals surface area contributed by atoms with Gasteiger partial charge in [-0.2, -0.15) is 0 Å². The zero-order chi connectivity index (χ0) is 13.2. The van der Waals surface area contributed by atoms with Gasteiger partial charge in [-0.1, -0.05) is 0 Å². The molecule has 1 rings (SSSR count). The van der Waals surface area contributed by atoms with E-state index in [1.807, 2.05) is 0 Å². The molecule has 1 atom stereocenters. The summed E-state index contributed by atoms with van der Waals surface area (Å²) in [6.07, 6.45) is -0.107. The minimum Gasteiger partial charge on any atom is -0.548 e. The fourth-order valence-electron chi connectivity index (χ4n) is 1.63. The fraction of sp³-hybridized carbons (Fsp3) is 0.727. The molecule has 1 saturated heterocycles. The monoisotopic (exact) mass is 242 g/mol. The van der Waals surface area contributed by atoms with Crippen LogP contribution in [0, 0.1) is 0 Å². The van der Waals surface area contributed by atoms with Gasteiger partial charge in [-0.3, -0.25) is 4.79 Å². The van der Waals surface area contributed by atoms with E-state index in [9.17, 15) is 19.5 Å². The third-order valence-electron chi connectivity index (χ3n) is 2.31. The van der Waals surface area contributed by atoms with E-state index < -0.39 is 29.6 Å². The third kappa shape index (κ3) is 3.44. The van der Waals surface area contributed by atoms with E-state index >= 15 is 0 Å². The highest BCUT2D eigenvalue weighted by atomic mass is 16.6. The summed E-state index contributed by atoms with van der Waals surface area (Å²) in [7, 11) is 0. The van der Waals surface area contributed by atoms with E-state index in [0.29, 0.717) is 11.3 Å². The molecule has 0 aromatic heterocycles. The van der Waals surface area contributed by atoms with Crippen LogP contribution in [0.25, 0.3) is 0 Å². The van der Waals surface area contributed by atoms with Crippen molar-refractivity contribution < 1.29 is 24.2 Å². The largest absolute Gasteiger partial charge is 0.548 e. The maximum atomic E-state index is 11.7. The number of carboxylic acid groups (broad SMARTS) is 1. The molecule has 6 nitrogen and oxygen atoms in total. The Labute approximate surface area is 99.5 Å². The Morgan fingerprint density at radius 2 is 2.00 bits per heavy atom. The number of likely N-dealkylation sites (tertiary alicyclic amines) is 1. The summed E-state index contributed by atoms with van der Waals surface area (Å²) in [4.78, 5) is 34.8. The molecule has 6 heteroatoms. The zero-order valence-electron chi connectivity index (χ0n) is 10.2. The van der Waals surface area contributed by atoms with Crippen molar-refractivity contribution in [2.45, 2.75) is 51.7 Å². The molecule has 96 valence electrons. The van der Waals surface area contributed by atoms with Gasteiger partial charge in [-0.15, -0.1) is 0 Å². The maximum Gasteiger partial charge on any atom is 0.417 e. The predicted octanol–water partition coefficient (Wildman–Crippen LogP) is 0.0525. The van der Waals surface area contributed by atoms with Crippen molar-refractivity contribution in [3.05, 3.63) is 0 Å². The summed E-state index contributed by atoms with van der Waals surface area (Å²) < 4.78 is 5.00. The van der Waals surface area contributed by atoms with Crippen molar-refractivity contribution in [1.29, 1.82) is 0 Å². The smallest absolute Gasteiger partial charge is 0.417 e. The number of aliphatic carboxylic acids is 1. The number of hydrogen-bond donors (Lipinski definition) is 0.